The first-order chi connectivity index (χ1) is 10.1. The fourth-order valence-corrected chi connectivity index (χ4v) is 2.46. The van der Waals surface area contributed by atoms with Gasteiger partial charge in [-0.15, -0.1) is 0 Å². The first-order valence-electron chi connectivity index (χ1n) is 6.09. The van der Waals surface area contributed by atoms with E-state index in [4.69, 9.17) is 0 Å². The molecule has 0 aromatic carbocycles. The summed E-state index contributed by atoms with van der Waals surface area (Å²) in [7, 11) is 1.38. The number of carbonyl (C=O) groups excluding carboxylic acids is 2. The van der Waals surface area contributed by atoms with Gasteiger partial charge in [0.05, 0.1) is 5.56 Å². The van der Waals surface area contributed by atoms with Crippen LogP contribution in [0.15, 0.2) is 27.9 Å². The second kappa shape index (κ2) is 5.38. The van der Waals surface area contributed by atoms with Crippen molar-refractivity contribution >= 4 is 33.6 Å². The van der Waals surface area contributed by atoms with Crippen LogP contribution in [0.25, 0.3) is 0 Å². The largest absolute Gasteiger partial charge is 0.419 e. The second-order valence-corrected chi connectivity index (χ2v) is 5.45. The quantitative estimate of drug-likeness (QED) is 0.587. The Labute approximate surface area is 132 Å². The van der Waals surface area contributed by atoms with Crippen molar-refractivity contribution in [1.29, 1.82) is 0 Å². The molecule has 0 fully saturated rings. The van der Waals surface area contributed by atoms with Gasteiger partial charge >= 0.3 is 6.18 Å². The van der Waals surface area contributed by atoms with Crippen molar-refractivity contribution in [2.75, 3.05) is 12.1 Å². The van der Waals surface area contributed by atoms with Crippen molar-refractivity contribution in [2.45, 2.75) is 20.0 Å². The maximum absolute atomic E-state index is 12.7. The Morgan fingerprint density at radius 3 is 2.05 bits per heavy atom. The number of alkyl halides is 3. The molecule has 0 atom stereocenters. The van der Waals surface area contributed by atoms with Crippen LogP contribution in [0.2, 0.25) is 0 Å². The zero-order chi connectivity index (χ0) is 16.8. The highest BCUT2D eigenvalue weighted by Crippen LogP contribution is 2.35. The third kappa shape index (κ3) is 2.60. The average Bonchev–Trinajstić information content (AvgIpc) is 2.61. The van der Waals surface area contributed by atoms with Gasteiger partial charge in [-0.2, -0.15) is 18.2 Å². The van der Waals surface area contributed by atoms with E-state index in [1.165, 1.54) is 20.9 Å². The van der Waals surface area contributed by atoms with Crippen molar-refractivity contribution in [2.24, 2.45) is 0 Å². The molecule has 0 radical (unpaired) electrons. The lowest BCUT2D eigenvalue weighted by atomic mass is 10.2. The van der Waals surface area contributed by atoms with E-state index >= 15 is 0 Å². The minimum absolute atomic E-state index is 0.0316. The Hall–Kier alpha value is -1.90. The van der Waals surface area contributed by atoms with Gasteiger partial charge in [-0.3, -0.25) is 14.6 Å². The van der Waals surface area contributed by atoms with Crippen LogP contribution in [0, 0.1) is 0 Å². The molecule has 0 saturated carbocycles. The number of carbonyl (C=O) groups is 2. The third-order valence-electron chi connectivity index (χ3n) is 3.36. The molecule has 1 aromatic rings. The molecule has 118 valence electrons. The number of aromatic nitrogens is 1. The monoisotopic (exact) mass is 377 g/mol. The Kier molecular flexibility index (Phi) is 4.03. The molecule has 9 heteroatoms. The highest BCUT2D eigenvalue weighted by Gasteiger charge is 2.38. The number of hydrogen-bond donors (Lipinski definition) is 0. The van der Waals surface area contributed by atoms with Crippen molar-refractivity contribution in [3.05, 3.63) is 33.4 Å². The lowest BCUT2D eigenvalue weighted by Crippen LogP contribution is -2.45. The van der Waals surface area contributed by atoms with E-state index in [1.54, 1.807) is 0 Å². The Morgan fingerprint density at radius 2 is 1.64 bits per heavy atom. The molecule has 0 bridgehead atoms. The summed E-state index contributed by atoms with van der Waals surface area (Å²) in [6.07, 6.45) is -4.54. The topological polar surface area (TPSA) is 53.5 Å². The van der Waals surface area contributed by atoms with Crippen molar-refractivity contribution in [1.82, 2.24) is 9.99 Å². The summed E-state index contributed by atoms with van der Waals surface area (Å²) >= 11 is 2.76. The summed E-state index contributed by atoms with van der Waals surface area (Å²) < 4.78 is 37.7. The molecule has 2 rings (SSSR count). The number of hydrazine groups is 1. The summed E-state index contributed by atoms with van der Waals surface area (Å²) in [5, 5.41) is 1.96. The van der Waals surface area contributed by atoms with Crippen LogP contribution < -0.4 is 5.01 Å². The van der Waals surface area contributed by atoms with Gasteiger partial charge in [0, 0.05) is 18.2 Å². The first kappa shape index (κ1) is 16.5. The number of imide groups is 1. The summed E-state index contributed by atoms with van der Waals surface area (Å²) in [6, 6.07) is 1.93. The summed E-state index contributed by atoms with van der Waals surface area (Å²) in [5.41, 5.74) is -0.347. The molecule has 22 heavy (non-hydrogen) atoms. The molecule has 1 aromatic heterocycles. The molecule has 0 aliphatic carbocycles. The molecule has 0 N–H and O–H groups in total. The predicted molar refractivity (Wildman–Crippen MR) is 75.6 cm³/mol. The molecule has 1 aliphatic heterocycles. The van der Waals surface area contributed by atoms with E-state index in [0.717, 1.165) is 22.2 Å². The van der Waals surface area contributed by atoms with Crippen molar-refractivity contribution in [3.63, 3.8) is 0 Å². The number of amides is 2. The number of rotatable bonds is 2. The highest BCUT2D eigenvalue weighted by atomic mass is 79.9. The summed E-state index contributed by atoms with van der Waals surface area (Å²) in [5.74, 6) is -1.02. The van der Waals surface area contributed by atoms with Gasteiger partial charge in [-0.1, -0.05) is 0 Å². The fourth-order valence-electron chi connectivity index (χ4n) is 1.92. The molecule has 2 heterocycles. The standard InChI is InChI=1S/C13H11BrF3N3O2/c1-6-7(2)12(22)20(11(6)21)19(3)9-5-4-8(10(14)18-9)13(15,16)17/h4-5H,1-3H3. The molecule has 0 unspecified atom stereocenters. The number of pyridine rings is 1. The van der Waals surface area contributed by atoms with Crippen LogP contribution in [0.1, 0.15) is 19.4 Å². The molecule has 0 spiro atoms. The van der Waals surface area contributed by atoms with Gasteiger partial charge in [0.15, 0.2) is 0 Å². The fraction of sp³-hybridized carbons (Fsp3) is 0.308. The van der Waals surface area contributed by atoms with E-state index < -0.39 is 28.2 Å². The van der Waals surface area contributed by atoms with Crippen LogP contribution in [0.5, 0.6) is 0 Å². The van der Waals surface area contributed by atoms with Crippen molar-refractivity contribution < 1.29 is 22.8 Å². The Balaban J connectivity index is 2.36. The Morgan fingerprint density at radius 1 is 1.14 bits per heavy atom. The normalized spacial score (nSPS) is 15.9. The number of halogens is 4. The molecule has 2 amide bonds. The lowest BCUT2D eigenvalue weighted by molar-refractivity contribution is -0.139. The van der Waals surface area contributed by atoms with Gasteiger partial charge in [-0.05, 0) is 41.9 Å². The van der Waals surface area contributed by atoms with Crippen LogP contribution in [0.4, 0.5) is 19.0 Å². The van der Waals surface area contributed by atoms with E-state index in [-0.39, 0.29) is 5.82 Å². The maximum Gasteiger partial charge on any atom is 0.419 e. The van der Waals surface area contributed by atoms with Crippen LogP contribution in [-0.2, 0) is 15.8 Å². The second-order valence-electron chi connectivity index (χ2n) is 4.70. The van der Waals surface area contributed by atoms with E-state index in [9.17, 15) is 22.8 Å². The number of hydrogen-bond acceptors (Lipinski definition) is 4. The van der Waals surface area contributed by atoms with Gasteiger partial charge < -0.3 is 0 Å². The average molecular weight is 378 g/mol. The van der Waals surface area contributed by atoms with Crippen molar-refractivity contribution in [3.8, 4) is 0 Å². The molecule has 1 aliphatic rings. The molecule has 0 saturated heterocycles. The van der Waals surface area contributed by atoms with Crippen LogP contribution >= 0.6 is 15.9 Å². The number of nitrogens with zero attached hydrogens (tertiary/aromatic N) is 3. The SMILES string of the molecule is CC1=C(C)C(=O)N(N(C)c2ccc(C(F)(F)F)c(Br)n2)C1=O. The van der Waals surface area contributed by atoms with Gasteiger partial charge in [0.25, 0.3) is 11.8 Å². The third-order valence-corrected chi connectivity index (χ3v) is 3.96. The van der Waals surface area contributed by atoms with Gasteiger partial charge in [-0.25, -0.2) is 4.98 Å². The minimum atomic E-state index is -4.54. The first-order valence-corrected chi connectivity index (χ1v) is 6.88. The zero-order valence-electron chi connectivity index (χ0n) is 11.8. The molecule has 5 nitrogen and oxygen atoms in total. The summed E-state index contributed by atoms with van der Waals surface area (Å²) in [6.45, 7) is 3.03. The summed E-state index contributed by atoms with van der Waals surface area (Å²) in [4.78, 5) is 27.8. The van der Waals surface area contributed by atoms with Gasteiger partial charge in [0.2, 0.25) is 0 Å². The van der Waals surface area contributed by atoms with E-state index in [2.05, 4.69) is 20.9 Å². The highest BCUT2D eigenvalue weighted by molar-refractivity contribution is 9.10. The number of anilines is 1. The Bertz CT molecular complexity index is 676. The predicted octanol–water partition coefficient (Wildman–Crippen LogP) is 2.92. The van der Waals surface area contributed by atoms with Crippen LogP contribution in [-0.4, -0.2) is 28.9 Å². The van der Waals surface area contributed by atoms with Crippen LogP contribution in [0.3, 0.4) is 0 Å². The minimum Gasteiger partial charge on any atom is -0.267 e. The smallest absolute Gasteiger partial charge is 0.267 e. The zero-order valence-corrected chi connectivity index (χ0v) is 13.4. The maximum atomic E-state index is 12.7. The molecular formula is C13H11BrF3N3O2. The van der Waals surface area contributed by atoms with E-state index in [0.29, 0.717) is 11.1 Å². The lowest BCUT2D eigenvalue weighted by Gasteiger charge is -2.27. The van der Waals surface area contributed by atoms with E-state index in [1.807, 2.05) is 0 Å². The van der Waals surface area contributed by atoms with Gasteiger partial charge in [0.1, 0.15) is 10.4 Å². The molecular weight excluding hydrogens is 367 g/mol.